The summed E-state index contributed by atoms with van der Waals surface area (Å²) in [4.78, 5) is 9.07. The average molecular weight is 496 g/mol. The van der Waals surface area contributed by atoms with Crippen LogP contribution in [0.25, 0.3) is 28.3 Å². The Hall–Kier alpha value is -3.34. The second kappa shape index (κ2) is 10.5. The standard InChI is InChI=1S/C25H29N5O4S/c1-16(11-12-31)35(32,33)20-9-7-19(8-10-20)22-15-28-25(26)24(29-22)23-13-21(30-34-23)18-5-3-17(4-6-18)14-27-2/h3,5,7-10,13,15-16,27,31H,4,6,11-12,14H2,1-2H3,(H2,26,28). The van der Waals surface area contributed by atoms with Gasteiger partial charge in [-0.25, -0.2) is 18.4 Å². The summed E-state index contributed by atoms with van der Waals surface area (Å²) >= 11 is 0. The van der Waals surface area contributed by atoms with Gasteiger partial charge >= 0.3 is 0 Å². The van der Waals surface area contributed by atoms with Crippen LogP contribution in [-0.2, 0) is 9.84 Å². The van der Waals surface area contributed by atoms with E-state index in [1.807, 2.05) is 13.1 Å². The molecule has 3 aromatic rings. The lowest BCUT2D eigenvalue weighted by Gasteiger charge is -2.12. The van der Waals surface area contributed by atoms with E-state index in [2.05, 4.69) is 32.6 Å². The summed E-state index contributed by atoms with van der Waals surface area (Å²) in [5, 5.41) is 15.8. The van der Waals surface area contributed by atoms with Gasteiger partial charge in [0, 0.05) is 24.8 Å². The van der Waals surface area contributed by atoms with Gasteiger partial charge in [-0.15, -0.1) is 0 Å². The van der Waals surface area contributed by atoms with Crippen molar-refractivity contribution in [3.63, 3.8) is 0 Å². The summed E-state index contributed by atoms with van der Waals surface area (Å²) in [5.74, 6) is 0.622. The summed E-state index contributed by atoms with van der Waals surface area (Å²) in [6.07, 6.45) is 7.70. The molecule has 0 saturated heterocycles. The quantitative estimate of drug-likeness (QED) is 0.407. The van der Waals surface area contributed by atoms with Gasteiger partial charge in [-0.3, -0.25) is 0 Å². The Labute approximate surface area is 204 Å². The highest BCUT2D eigenvalue weighted by Gasteiger charge is 2.23. The minimum absolute atomic E-state index is 0.181. The number of allylic oxidation sites excluding steroid dienone is 3. The van der Waals surface area contributed by atoms with Gasteiger partial charge in [-0.2, -0.15) is 0 Å². The molecule has 0 bridgehead atoms. The van der Waals surface area contributed by atoms with Gasteiger partial charge in [-0.1, -0.05) is 35.0 Å². The molecule has 0 radical (unpaired) electrons. The minimum Gasteiger partial charge on any atom is -0.396 e. The van der Waals surface area contributed by atoms with Crippen molar-refractivity contribution in [2.45, 2.75) is 36.3 Å². The van der Waals surface area contributed by atoms with Crippen LogP contribution in [0.1, 0.15) is 31.9 Å². The van der Waals surface area contributed by atoms with E-state index >= 15 is 0 Å². The van der Waals surface area contributed by atoms with Gasteiger partial charge in [-0.05, 0) is 50.9 Å². The van der Waals surface area contributed by atoms with E-state index in [1.165, 1.54) is 23.9 Å². The molecule has 0 saturated carbocycles. The highest BCUT2D eigenvalue weighted by Crippen LogP contribution is 2.31. The van der Waals surface area contributed by atoms with E-state index < -0.39 is 15.1 Å². The number of anilines is 1. The number of hydrogen-bond acceptors (Lipinski definition) is 9. The van der Waals surface area contributed by atoms with Crippen molar-refractivity contribution in [3.8, 4) is 22.7 Å². The molecule has 0 fully saturated rings. The summed E-state index contributed by atoms with van der Waals surface area (Å²) in [7, 11) is -1.59. The predicted molar refractivity (Wildman–Crippen MR) is 135 cm³/mol. The fourth-order valence-electron chi connectivity index (χ4n) is 3.91. The fourth-order valence-corrected chi connectivity index (χ4v) is 5.31. The highest BCUT2D eigenvalue weighted by atomic mass is 32.2. The molecule has 35 heavy (non-hydrogen) atoms. The first-order valence-corrected chi connectivity index (χ1v) is 13.0. The zero-order valence-electron chi connectivity index (χ0n) is 19.7. The SMILES string of the molecule is CNCC1=CC=C(c2cc(-c3nc(-c4ccc(S(=O)(=O)C(C)CCO)cc4)cnc3N)on2)CC1. The zero-order chi connectivity index (χ0) is 25.0. The first-order chi connectivity index (χ1) is 16.8. The molecule has 0 spiro atoms. The lowest BCUT2D eigenvalue weighted by Crippen LogP contribution is -2.19. The highest BCUT2D eigenvalue weighted by molar-refractivity contribution is 7.92. The van der Waals surface area contributed by atoms with Crippen molar-refractivity contribution in [1.29, 1.82) is 0 Å². The summed E-state index contributed by atoms with van der Waals surface area (Å²) < 4.78 is 30.9. The van der Waals surface area contributed by atoms with E-state index in [9.17, 15) is 8.42 Å². The first kappa shape index (κ1) is 24.8. The summed E-state index contributed by atoms with van der Waals surface area (Å²) in [5.41, 5.74) is 10.8. The van der Waals surface area contributed by atoms with Crippen LogP contribution in [0.5, 0.6) is 0 Å². The second-order valence-electron chi connectivity index (χ2n) is 8.50. The van der Waals surface area contributed by atoms with Crippen molar-refractivity contribution in [2.24, 2.45) is 0 Å². The average Bonchev–Trinajstić information content (AvgIpc) is 3.35. The molecule has 0 aliphatic heterocycles. The number of sulfone groups is 1. The Morgan fingerprint density at radius 3 is 2.60 bits per heavy atom. The van der Waals surface area contributed by atoms with E-state index in [0.717, 1.165) is 30.7 Å². The number of nitrogens with one attached hydrogen (secondary N) is 1. The molecule has 1 atom stereocenters. The molecule has 10 heteroatoms. The Morgan fingerprint density at radius 2 is 1.94 bits per heavy atom. The second-order valence-corrected chi connectivity index (χ2v) is 10.9. The Balaban J connectivity index is 1.59. The lowest BCUT2D eigenvalue weighted by molar-refractivity contribution is 0.287. The number of aliphatic hydroxyl groups is 1. The molecule has 4 rings (SSSR count). The molecule has 1 unspecified atom stereocenters. The van der Waals surface area contributed by atoms with Crippen LogP contribution in [-0.4, -0.2) is 54.1 Å². The van der Waals surface area contributed by atoms with Gasteiger partial charge in [0.05, 0.1) is 22.0 Å². The maximum Gasteiger partial charge on any atom is 0.189 e. The molecule has 1 aliphatic carbocycles. The van der Waals surface area contributed by atoms with Crippen LogP contribution in [0.2, 0.25) is 0 Å². The summed E-state index contributed by atoms with van der Waals surface area (Å²) in [6.45, 7) is 2.27. The van der Waals surface area contributed by atoms with Crippen LogP contribution < -0.4 is 11.1 Å². The molecular formula is C25H29N5O4S. The third-order valence-electron chi connectivity index (χ3n) is 6.06. The Bertz CT molecular complexity index is 1360. The van der Waals surface area contributed by atoms with E-state index in [4.69, 9.17) is 15.4 Å². The van der Waals surface area contributed by atoms with Crippen LogP contribution in [0.15, 0.2) is 63.7 Å². The van der Waals surface area contributed by atoms with E-state index in [1.54, 1.807) is 19.1 Å². The lowest BCUT2D eigenvalue weighted by atomic mass is 9.96. The smallest absolute Gasteiger partial charge is 0.189 e. The first-order valence-electron chi connectivity index (χ1n) is 11.4. The van der Waals surface area contributed by atoms with Crippen LogP contribution >= 0.6 is 0 Å². The largest absolute Gasteiger partial charge is 0.396 e. The van der Waals surface area contributed by atoms with Crippen molar-refractivity contribution in [2.75, 3.05) is 25.9 Å². The fraction of sp³-hybridized carbons (Fsp3) is 0.320. The third-order valence-corrected chi connectivity index (χ3v) is 8.28. The molecule has 184 valence electrons. The van der Waals surface area contributed by atoms with Crippen molar-refractivity contribution < 1.29 is 18.0 Å². The minimum atomic E-state index is -3.52. The molecular weight excluding hydrogens is 466 g/mol. The number of aliphatic hydroxyl groups excluding tert-OH is 1. The Kier molecular flexibility index (Phi) is 7.44. The maximum absolute atomic E-state index is 12.7. The molecule has 9 nitrogen and oxygen atoms in total. The topological polar surface area (TPSA) is 144 Å². The van der Waals surface area contributed by atoms with Crippen LogP contribution in [0.4, 0.5) is 5.82 Å². The predicted octanol–water partition coefficient (Wildman–Crippen LogP) is 3.25. The number of nitrogens with zero attached hydrogens (tertiary/aromatic N) is 3. The number of hydrogen-bond donors (Lipinski definition) is 3. The van der Waals surface area contributed by atoms with Crippen LogP contribution in [0, 0.1) is 0 Å². The van der Waals surface area contributed by atoms with Gasteiger partial charge in [0.15, 0.2) is 27.1 Å². The van der Waals surface area contributed by atoms with Crippen molar-refractivity contribution >= 4 is 21.2 Å². The number of nitrogens with two attached hydrogens (primary N) is 1. The van der Waals surface area contributed by atoms with Gasteiger partial charge in [0.25, 0.3) is 0 Å². The number of rotatable bonds is 9. The van der Waals surface area contributed by atoms with Gasteiger partial charge in [0.2, 0.25) is 0 Å². The van der Waals surface area contributed by atoms with Crippen molar-refractivity contribution in [1.82, 2.24) is 20.4 Å². The van der Waals surface area contributed by atoms with Gasteiger partial charge < -0.3 is 20.7 Å². The monoisotopic (exact) mass is 495 g/mol. The molecule has 2 heterocycles. The molecule has 1 aliphatic rings. The molecule has 1 aromatic carbocycles. The van der Waals surface area contributed by atoms with E-state index in [0.29, 0.717) is 22.7 Å². The number of aromatic nitrogens is 3. The van der Waals surface area contributed by atoms with E-state index in [-0.39, 0.29) is 23.7 Å². The zero-order valence-corrected chi connectivity index (χ0v) is 20.5. The number of likely N-dealkylation sites (N-methyl/N-ethyl adjacent to an activating group) is 1. The summed E-state index contributed by atoms with van der Waals surface area (Å²) in [6, 6.07) is 8.24. The van der Waals surface area contributed by atoms with Crippen LogP contribution in [0.3, 0.4) is 0 Å². The van der Waals surface area contributed by atoms with Crippen molar-refractivity contribution in [3.05, 3.63) is 59.9 Å². The third kappa shape index (κ3) is 5.34. The number of nitrogen functional groups attached to an aromatic ring is 1. The molecule has 4 N–H and O–H groups in total. The Morgan fingerprint density at radius 1 is 1.17 bits per heavy atom. The maximum atomic E-state index is 12.7. The normalized spacial score (nSPS) is 14.9. The number of benzene rings is 1. The molecule has 2 aromatic heterocycles. The van der Waals surface area contributed by atoms with Gasteiger partial charge in [0.1, 0.15) is 5.69 Å². The molecule has 0 amide bonds.